The van der Waals surface area contributed by atoms with Gasteiger partial charge in [-0.25, -0.2) is 0 Å². The monoisotopic (exact) mass is 160 g/mol. The quantitative estimate of drug-likeness (QED) is 0.614. The van der Waals surface area contributed by atoms with Crippen LogP contribution < -0.4 is 0 Å². The lowest BCUT2D eigenvalue weighted by atomic mass is 10.0. The predicted octanol–water partition coefficient (Wildman–Crippen LogP) is 2.23. The van der Waals surface area contributed by atoms with Gasteiger partial charge in [0.25, 0.3) is 0 Å². The normalized spacial score (nSPS) is 16.9. The van der Waals surface area contributed by atoms with Gasteiger partial charge in [-0.2, -0.15) is 0 Å². The lowest BCUT2D eigenvalue weighted by Crippen LogP contribution is -2.35. The summed E-state index contributed by atoms with van der Waals surface area (Å²) in [5, 5.41) is 0. The van der Waals surface area contributed by atoms with Gasteiger partial charge in [0, 0.05) is 7.11 Å². The Morgan fingerprint density at radius 2 is 1.91 bits per heavy atom. The maximum absolute atomic E-state index is 5.70. The third-order valence-corrected chi connectivity index (χ3v) is 1.72. The summed E-state index contributed by atoms with van der Waals surface area (Å²) in [5.74, 6) is 0. The van der Waals surface area contributed by atoms with Crippen molar-refractivity contribution in [2.45, 2.75) is 45.8 Å². The molecule has 0 fully saturated rings. The molecule has 0 spiro atoms. The van der Waals surface area contributed by atoms with Gasteiger partial charge in [0.2, 0.25) is 0 Å². The van der Waals surface area contributed by atoms with Crippen LogP contribution in [0.4, 0.5) is 0 Å². The van der Waals surface area contributed by atoms with Gasteiger partial charge in [0.15, 0.2) is 0 Å². The fourth-order valence-electron chi connectivity index (χ4n) is 1.09. The van der Waals surface area contributed by atoms with E-state index in [9.17, 15) is 0 Å². The van der Waals surface area contributed by atoms with Crippen LogP contribution in [0.2, 0.25) is 0 Å². The van der Waals surface area contributed by atoms with Crippen LogP contribution in [0, 0.1) is 0 Å². The van der Waals surface area contributed by atoms with Crippen molar-refractivity contribution in [3.05, 3.63) is 0 Å². The molecule has 0 aromatic rings. The Bertz CT molecular complexity index is 102. The maximum atomic E-state index is 5.70. The molecule has 0 aromatic carbocycles. The molecule has 0 N–H and O–H groups in total. The van der Waals surface area contributed by atoms with Gasteiger partial charge < -0.3 is 9.47 Å². The number of ether oxygens (including phenoxy) is 2. The number of hydrogen-bond donors (Lipinski definition) is 0. The SMILES string of the molecule is CCC(C)(COC)OC(C)C. The van der Waals surface area contributed by atoms with Crippen LogP contribution in [0.3, 0.4) is 0 Å². The van der Waals surface area contributed by atoms with E-state index in [1.807, 2.05) is 13.8 Å². The van der Waals surface area contributed by atoms with Crippen LogP contribution in [-0.2, 0) is 9.47 Å². The first-order valence-corrected chi connectivity index (χ1v) is 4.21. The van der Waals surface area contributed by atoms with E-state index >= 15 is 0 Å². The van der Waals surface area contributed by atoms with Gasteiger partial charge in [-0.15, -0.1) is 0 Å². The molecule has 0 aromatic heterocycles. The summed E-state index contributed by atoms with van der Waals surface area (Å²) in [6.07, 6.45) is 1.26. The minimum atomic E-state index is -0.108. The minimum absolute atomic E-state index is 0.108. The highest BCUT2D eigenvalue weighted by atomic mass is 16.5. The second-order valence-electron chi connectivity index (χ2n) is 3.40. The fourth-order valence-corrected chi connectivity index (χ4v) is 1.09. The topological polar surface area (TPSA) is 18.5 Å². The average molecular weight is 160 g/mol. The van der Waals surface area contributed by atoms with Crippen LogP contribution in [0.1, 0.15) is 34.1 Å². The molecule has 0 rings (SSSR count). The minimum Gasteiger partial charge on any atom is -0.382 e. The summed E-state index contributed by atoms with van der Waals surface area (Å²) in [7, 11) is 1.71. The van der Waals surface area contributed by atoms with Gasteiger partial charge in [-0.3, -0.25) is 0 Å². The summed E-state index contributed by atoms with van der Waals surface area (Å²) in [6, 6.07) is 0. The smallest absolute Gasteiger partial charge is 0.0887 e. The van der Waals surface area contributed by atoms with Crippen LogP contribution >= 0.6 is 0 Å². The van der Waals surface area contributed by atoms with Gasteiger partial charge in [0.1, 0.15) is 0 Å². The largest absolute Gasteiger partial charge is 0.382 e. The maximum Gasteiger partial charge on any atom is 0.0887 e. The molecule has 0 bridgehead atoms. The molecule has 68 valence electrons. The van der Waals surface area contributed by atoms with E-state index in [0.717, 1.165) is 6.42 Å². The highest BCUT2D eigenvalue weighted by Gasteiger charge is 2.23. The Kier molecular flexibility index (Phi) is 4.69. The molecule has 1 unspecified atom stereocenters. The Labute approximate surface area is 69.9 Å². The Balaban J connectivity index is 3.87. The van der Waals surface area contributed by atoms with Crippen molar-refractivity contribution < 1.29 is 9.47 Å². The molecule has 0 aliphatic heterocycles. The molecule has 0 saturated heterocycles. The second-order valence-corrected chi connectivity index (χ2v) is 3.40. The highest BCUT2D eigenvalue weighted by Crippen LogP contribution is 2.17. The zero-order chi connectivity index (χ0) is 8.91. The summed E-state index contributed by atoms with van der Waals surface area (Å²) in [5.41, 5.74) is -0.108. The van der Waals surface area contributed by atoms with Crippen LogP contribution in [0.15, 0.2) is 0 Å². The molecule has 0 aliphatic rings. The van der Waals surface area contributed by atoms with Gasteiger partial charge in [0.05, 0.1) is 18.3 Å². The molecule has 1 atom stereocenters. The molecular formula is C9H20O2. The summed E-state index contributed by atoms with van der Waals surface area (Å²) in [6.45, 7) is 8.95. The molecule has 2 heteroatoms. The van der Waals surface area contributed by atoms with Gasteiger partial charge in [-0.1, -0.05) is 6.92 Å². The zero-order valence-corrected chi connectivity index (χ0v) is 8.31. The Morgan fingerprint density at radius 3 is 2.18 bits per heavy atom. The van der Waals surface area contributed by atoms with E-state index in [4.69, 9.17) is 9.47 Å². The number of rotatable bonds is 5. The first-order chi connectivity index (χ1) is 5.04. The first-order valence-electron chi connectivity index (χ1n) is 4.21. The third kappa shape index (κ3) is 4.38. The molecule has 0 radical (unpaired) electrons. The third-order valence-electron chi connectivity index (χ3n) is 1.72. The van der Waals surface area contributed by atoms with Crippen molar-refractivity contribution in [1.82, 2.24) is 0 Å². The average Bonchev–Trinajstić information content (AvgIpc) is 1.87. The van der Waals surface area contributed by atoms with Crippen molar-refractivity contribution in [3.8, 4) is 0 Å². The molecule has 2 nitrogen and oxygen atoms in total. The lowest BCUT2D eigenvalue weighted by molar-refractivity contribution is -0.106. The van der Waals surface area contributed by atoms with E-state index in [2.05, 4.69) is 13.8 Å². The van der Waals surface area contributed by atoms with Crippen molar-refractivity contribution in [3.63, 3.8) is 0 Å². The van der Waals surface area contributed by atoms with Crippen LogP contribution in [-0.4, -0.2) is 25.4 Å². The zero-order valence-electron chi connectivity index (χ0n) is 8.31. The van der Waals surface area contributed by atoms with Crippen molar-refractivity contribution in [2.24, 2.45) is 0 Å². The number of hydrogen-bond acceptors (Lipinski definition) is 2. The molecular weight excluding hydrogens is 140 g/mol. The molecule has 0 heterocycles. The fraction of sp³-hybridized carbons (Fsp3) is 1.00. The predicted molar refractivity (Wildman–Crippen MR) is 46.8 cm³/mol. The molecule has 0 amide bonds. The lowest BCUT2D eigenvalue weighted by Gasteiger charge is -2.29. The van der Waals surface area contributed by atoms with Crippen molar-refractivity contribution >= 4 is 0 Å². The Morgan fingerprint density at radius 1 is 1.36 bits per heavy atom. The van der Waals surface area contributed by atoms with E-state index in [1.165, 1.54) is 0 Å². The Hall–Kier alpha value is -0.0800. The van der Waals surface area contributed by atoms with Crippen molar-refractivity contribution in [1.29, 1.82) is 0 Å². The van der Waals surface area contributed by atoms with Crippen LogP contribution in [0.5, 0.6) is 0 Å². The van der Waals surface area contributed by atoms with Crippen molar-refractivity contribution in [2.75, 3.05) is 13.7 Å². The summed E-state index contributed by atoms with van der Waals surface area (Å²) >= 11 is 0. The standard InChI is InChI=1S/C9H20O2/c1-6-9(4,7-10-5)11-8(2)3/h8H,6-7H2,1-5H3. The molecule has 0 aliphatic carbocycles. The van der Waals surface area contributed by atoms with E-state index in [1.54, 1.807) is 7.11 Å². The summed E-state index contributed by atoms with van der Waals surface area (Å²) < 4.78 is 10.8. The molecule has 11 heavy (non-hydrogen) atoms. The number of methoxy groups -OCH3 is 1. The van der Waals surface area contributed by atoms with Gasteiger partial charge in [-0.05, 0) is 27.2 Å². The van der Waals surface area contributed by atoms with Gasteiger partial charge >= 0.3 is 0 Å². The van der Waals surface area contributed by atoms with E-state index < -0.39 is 0 Å². The molecule has 0 saturated carbocycles. The first kappa shape index (κ1) is 10.9. The van der Waals surface area contributed by atoms with E-state index in [-0.39, 0.29) is 11.7 Å². The van der Waals surface area contributed by atoms with E-state index in [0.29, 0.717) is 6.61 Å². The summed E-state index contributed by atoms with van der Waals surface area (Å²) in [4.78, 5) is 0. The highest BCUT2D eigenvalue weighted by molar-refractivity contribution is 4.73. The second kappa shape index (κ2) is 4.73. The van der Waals surface area contributed by atoms with Crippen LogP contribution in [0.25, 0.3) is 0 Å².